The van der Waals surface area contributed by atoms with E-state index in [0.29, 0.717) is 11.8 Å². The van der Waals surface area contributed by atoms with Gasteiger partial charge in [-0.1, -0.05) is 91.8 Å². The average Bonchev–Trinajstić information content (AvgIpc) is 3.00. The maximum Gasteiger partial charge on any atom is -0.00990 e. The number of benzene rings is 2. The van der Waals surface area contributed by atoms with E-state index in [1.807, 2.05) is 0 Å². The van der Waals surface area contributed by atoms with Crippen molar-refractivity contribution >= 4 is 10.8 Å². The van der Waals surface area contributed by atoms with Gasteiger partial charge in [-0.25, -0.2) is 0 Å². The molecule has 0 heteroatoms. The van der Waals surface area contributed by atoms with Gasteiger partial charge in [0.2, 0.25) is 0 Å². The predicted octanol–water partition coefficient (Wildman–Crippen LogP) is 8.12. The van der Waals surface area contributed by atoms with Gasteiger partial charge in [-0.15, -0.1) is 0 Å². The molecule has 28 heavy (non-hydrogen) atoms. The van der Waals surface area contributed by atoms with Gasteiger partial charge in [-0.3, -0.25) is 0 Å². The van der Waals surface area contributed by atoms with Gasteiger partial charge in [0.25, 0.3) is 0 Å². The summed E-state index contributed by atoms with van der Waals surface area (Å²) in [6.07, 6.45) is 0. The molecule has 0 spiro atoms. The Balaban J connectivity index is 1.91. The van der Waals surface area contributed by atoms with Crippen molar-refractivity contribution in [3.8, 4) is 0 Å². The standard InChI is InChI=1S/C28H40/c1-15-16(2)20(6)26(19(15)5)24-13-9-11-23-12-10-14-25(28(23)24)27-21(7)17(3)18(4)22(27)8/h9-22,26-27H,1-8H3. The Morgan fingerprint density at radius 3 is 1.07 bits per heavy atom. The molecular weight excluding hydrogens is 336 g/mol. The summed E-state index contributed by atoms with van der Waals surface area (Å²) < 4.78 is 0. The van der Waals surface area contributed by atoms with Crippen LogP contribution in [0.1, 0.15) is 78.4 Å². The van der Waals surface area contributed by atoms with Crippen molar-refractivity contribution in [2.24, 2.45) is 47.3 Å². The van der Waals surface area contributed by atoms with Crippen molar-refractivity contribution in [2.75, 3.05) is 0 Å². The molecule has 2 aliphatic rings. The largest absolute Gasteiger partial charge is 0.0620 e. The summed E-state index contributed by atoms with van der Waals surface area (Å²) in [5.74, 6) is 7.55. The van der Waals surface area contributed by atoms with Crippen LogP contribution in [0.3, 0.4) is 0 Å². The molecule has 2 fully saturated rings. The lowest BCUT2D eigenvalue weighted by Gasteiger charge is -2.29. The first-order valence-corrected chi connectivity index (χ1v) is 11.8. The van der Waals surface area contributed by atoms with Crippen LogP contribution in [0.5, 0.6) is 0 Å². The minimum absolute atomic E-state index is 0.678. The monoisotopic (exact) mass is 376 g/mol. The highest BCUT2D eigenvalue weighted by atomic mass is 14.5. The summed E-state index contributed by atoms with van der Waals surface area (Å²) in [5.41, 5.74) is 3.27. The smallest absolute Gasteiger partial charge is 0.00990 e. The van der Waals surface area contributed by atoms with Gasteiger partial charge in [-0.2, -0.15) is 0 Å². The highest BCUT2D eigenvalue weighted by molar-refractivity contribution is 5.90. The molecule has 0 N–H and O–H groups in total. The van der Waals surface area contributed by atoms with Crippen LogP contribution in [0.25, 0.3) is 10.8 Å². The van der Waals surface area contributed by atoms with Crippen LogP contribution in [0.15, 0.2) is 36.4 Å². The number of hydrogen-bond acceptors (Lipinski definition) is 0. The fraction of sp³-hybridized carbons (Fsp3) is 0.643. The normalized spacial score (nSPS) is 43.7. The van der Waals surface area contributed by atoms with Gasteiger partial charge >= 0.3 is 0 Å². The average molecular weight is 377 g/mol. The van der Waals surface area contributed by atoms with E-state index in [1.54, 1.807) is 16.5 Å². The maximum absolute atomic E-state index is 2.50. The van der Waals surface area contributed by atoms with Gasteiger partial charge in [0.1, 0.15) is 0 Å². The van der Waals surface area contributed by atoms with Gasteiger partial charge < -0.3 is 0 Å². The van der Waals surface area contributed by atoms with Crippen LogP contribution in [0, 0.1) is 47.3 Å². The van der Waals surface area contributed by atoms with E-state index in [2.05, 4.69) is 91.8 Å². The first-order valence-electron chi connectivity index (χ1n) is 11.8. The van der Waals surface area contributed by atoms with Gasteiger partial charge in [0.05, 0.1) is 0 Å². The minimum Gasteiger partial charge on any atom is -0.0620 e. The van der Waals surface area contributed by atoms with Gasteiger partial charge in [-0.05, 0) is 81.1 Å². The first-order chi connectivity index (χ1) is 13.3. The lowest BCUT2D eigenvalue weighted by molar-refractivity contribution is 0.352. The molecule has 0 amide bonds. The highest BCUT2D eigenvalue weighted by Gasteiger charge is 2.45. The first kappa shape index (κ1) is 20.0. The van der Waals surface area contributed by atoms with Crippen molar-refractivity contribution in [3.05, 3.63) is 47.5 Å². The number of fused-ring (bicyclic) bond motifs is 1. The van der Waals surface area contributed by atoms with Crippen molar-refractivity contribution in [1.29, 1.82) is 0 Å². The molecular formula is C28H40. The zero-order chi connectivity index (χ0) is 20.3. The Morgan fingerprint density at radius 1 is 0.429 bits per heavy atom. The van der Waals surface area contributed by atoms with E-state index in [1.165, 1.54) is 5.39 Å². The summed E-state index contributed by atoms with van der Waals surface area (Å²) in [5, 5.41) is 3.05. The lowest BCUT2D eigenvalue weighted by atomic mass is 9.76. The van der Waals surface area contributed by atoms with Crippen LogP contribution in [-0.4, -0.2) is 0 Å². The van der Waals surface area contributed by atoms with E-state index in [9.17, 15) is 0 Å². The Bertz CT molecular complexity index is 753. The molecule has 0 saturated heterocycles. The van der Waals surface area contributed by atoms with Crippen molar-refractivity contribution in [1.82, 2.24) is 0 Å². The van der Waals surface area contributed by atoms with E-state index in [4.69, 9.17) is 0 Å². The fourth-order valence-electron chi connectivity index (χ4n) is 7.27. The predicted molar refractivity (Wildman–Crippen MR) is 123 cm³/mol. The van der Waals surface area contributed by atoms with E-state index in [-0.39, 0.29) is 0 Å². The Morgan fingerprint density at radius 2 is 0.750 bits per heavy atom. The van der Waals surface area contributed by atoms with Crippen molar-refractivity contribution in [2.45, 2.75) is 67.2 Å². The molecule has 0 bridgehead atoms. The van der Waals surface area contributed by atoms with Crippen LogP contribution in [0.4, 0.5) is 0 Å². The second-order valence-electron chi connectivity index (χ2n) is 10.7. The van der Waals surface area contributed by atoms with Crippen molar-refractivity contribution in [3.63, 3.8) is 0 Å². The third-order valence-corrected chi connectivity index (χ3v) is 9.93. The molecule has 8 unspecified atom stereocenters. The lowest BCUT2D eigenvalue weighted by Crippen LogP contribution is -2.15. The van der Waals surface area contributed by atoms with E-state index in [0.717, 1.165) is 47.3 Å². The minimum atomic E-state index is 0.678. The van der Waals surface area contributed by atoms with Crippen molar-refractivity contribution < 1.29 is 0 Å². The molecule has 4 rings (SSSR count). The molecule has 2 saturated carbocycles. The quantitative estimate of drug-likeness (QED) is 0.496. The Labute approximate surface area is 173 Å². The SMILES string of the molecule is CC1C(C)C(C)C(c2cccc3cccc(C4C(C)C(C)C(C)C4C)c23)C1C. The molecule has 8 atom stereocenters. The maximum atomic E-state index is 2.50. The van der Waals surface area contributed by atoms with E-state index >= 15 is 0 Å². The molecule has 152 valence electrons. The summed E-state index contributed by atoms with van der Waals surface area (Å²) in [7, 11) is 0. The molecule has 2 aliphatic carbocycles. The van der Waals surface area contributed by atoms with Gasteiger partial charge in [0.15, 0.2) is 0 Å². The molecule has 2 aromatic carbocycles. The third-order valence-electron chi connectivity index (χ3n) is 9.93. The molecule has 0 nitrogen and oxygen atoms in total. The molecule has 0 radical (unpaired) electrons. The molecule has 0 aromatic heterocycles. The molecule has 0 heterocycles. The van der Waals surface area contributed by atoms with Crippen LogP contribution in [0.2, 0.25) is 0 Å². The summed E-state index contributed by atoms with van der Waals surface area (Å²) in [6, 6.07) is 14.2. The zero-order valence-corrected chi connectivity index (χ0v) is 19.2. The van der Waals surface area contributed by atoms with Crippen LogP contribution in [-0.2, 0) is 0 Å². The van der Waals surface area contributed by atoms with E-state index < -0.39 is 0 Å². The molecule has 0 aliphatic heterocycles. The third kappa shape index (κ3) is 2.78. The zero-order valence-electron chi connectivity index (χ0n) is 19.2. The number of hydrogen-bond donors (Lipinski definition) is 0. The Hall–Kier alpha value is -1.30. The van der Waals surface area contributed by atoms with Crippen LogP contribution < -0.4 is 0 Å². The Kier molecular flexibility index (Phi) is 5.13. The summed E-state index contributed by atoms with van der Waals surface area (Å²) in [6.45, 7) is 19.9. The van der Waals surface area contributed by atoms with Gasteiger partial charge in [0, 0.05) is 0 Å². The molecule has 2 aromatic rings. The summed E-state index contributed by atoms with van der Waals surface area (Å²) >= 11 is 0. The summed E-state index contributed by atoms with van der Waals surface area (Å²) in [4.78, 5) is 0. The highest BCUT2D eigenvalue weighted by Crippen LogP contribution is 2.55. The second-order valence-corrected chi connectivity index (χ2v) is 10.7. The topological polar surface area (TPSA) is 0 Å². The van der Waals surface area contributed by atoms with Crippen LogP contribution >= 0.6 is 0 Å². The number of rotatable bonds is 2. The second kappa shape index (κ2) is 7.19. The fourth-order valence-corrected chi connectivity index (χ4v) is 7.27.